The summed E-state index contributed by atoms with van der Waals surface area (Å²) in [4.78, 5) is 13.9. The molecule has 1 aliphatic rings. The Morgan fingerprint density at radius 2 is 2.31 bits per heavy atom. The predicted octanol–water partition coefficient (Wildman–Crippen LogP) is 1.90. The van der Waals surface area contributed by atoms with Crippen LogP contribution in [0.4, 0.5) is 0 Å². The van der Waals surface area contributed by atoms with Crippen molar-refractivity contribution in [3.05, 3.63) is 20.9 Å². The van der Waals surface area contributed by atoms with Crippen molar-refractivity contribution in [2.75, 3.05) is 6.54 Å². The molecule has 0 bridgehead atoms. The molecule has 0 saturated carbocycles. The van der Waals surface area contributed by atoms with Gasteiger partial charge in [-0.3, -0.25) is 4.79 Å². The molecule has 0 unspecified atom stereocenters. The topological polar surface area (TPSA) is 29.1 Å². The summed E-state index contributed by atoms with van der Waals surface area (Å²) in [5, 5.41) is 3.32. The molecule has 13 heavy (non-hydrogen) atoms. The van der Waals surface area contributed by atoms with Gasteiger partial charge in [-0.15, -0.1) is 11.3 Å². The highest BCUT2D eigenvalue weighted by Crippen LogP contribution is 2.30. The zero-order valence-corrected chi connectivity index (χ0v) is 8.75. The monoisotopic (exact) mass is 195 g/mol. The lowest BCUT2D eigenvalue weighted by atomic mass is 10.0. The highest BCUT2D eigenvalue weighted by molar-refractivity contribution is 7.12. The fourth-order valence-corrected chi connectivity index (χ4v) is 3.17. The molecule has 0 atom stereocenters. The van der Waals surface area contributed by atoms with Crippen molar-refractivity contribution < 1.29 is 4.79 Å². The fourth-order valence-electron chi connectivity index (χ4n) is 1.93. The van der Waals surface area contributed by atoms with Gasteiger partial charge in [0.25, 0.3) is 0 Å². The highest BCUT2D eigenvalue weighted by Gasteiger charge is 2.20. The summed E-state index contributed by atoms with van der Waals surface area (Å²) in [6, 6.07) is 0. The summed E-state index contributed by atoms with van der Waals surface area (Å²) in [5.74, 6) is 0.219. The number of aryl methyl sites for hydroxylation is 1. The second kappa shape index (κ2) is 3.24. The summed E-state index contributed by atoms with van der Waals surface area (Å²) in [6.45, 7) is 5.65. The van der Waals surface area contributed by atoms with E-state index in [1.54, 1.807) is 18.3 Å². The average Bonchev–Trinajstić information content (AvgIpc) is 2.39. The number of rotatable bonds is 1. The average molecular weight is 195 g/mol. The van der Waals surface area contributed by atoms with Crippen LogP contribution in [-0.2, 0) is 13.0 Å². The number of fused-ring (bicyclic) bond motifs is 1. The Morgan fingerprint density at radius 1 is 1.54 bits per heavy atom. The predicted molar refractivity (Wildman–Crippen MR) is 54.5 cm³/mol. The van der Waals surface area contributed by atoms with Crippen LogP contribution in [0, 0.1) is 6.92 Å². The summed E-state index contributed by atoms with van der Waals surface area (Å²) < 4.78 is 0. The number of Topliss-reactive ketones (excluding diaryl/α,β-unsaturated/α-hetero) is 1. The smallest absolute Gasteiger partial charge is 0.161 e. The van der Waals surface area contributed by atoms with Gasteiger partial charge in [0.05, 0.1) is 0 Å². The van der Waals surface area contributed by atoms with Gasteiger partial charge in [-0.1, -0.05) is 0 Å². The normalized spacial score (nSPS) is 15.5. The number of hydrogen-bond acceptors (Lipinski definition) is 3. The van der Waals surface area contributed by atoms with Crippen molar-refractivity contribution in [3.8, 4) is 0 Å². The van der Waals surface area contributed by atoms with E-state index in [0.29, 0.717) is 0 Å². The van der Waals surface area contributed by atoms with Gasteiger partial charge in [0.1, 0.15) is 0 Å². The van der Waals surface area contributed by atoms with Gasteiger partial charge < -0.3 is 5.32 Å². The van der Waals surface area contributed by atoms with Crippen LogP contribution < -0.4 is 5.32 Å². The Bertz CT molecular complexity index is 354. The van der Waals surface area contributed by atoms with Crippen molar-refractivity contribution >= 4 is 17.1 Å². The minimum Gasteiger partial charge on any atom is -0.312 e. The lowest BCUT2D eigenvalue weighted by Crippen LogP contribution is -2.23. The third-order valence-electron chi connectivity index (χ3n) is 2.46. The van der Waals surface area contributed by atoms with Crippen LogP contribution >= 0.6 is 11.3 Å². The second-order valence-electron chi connectivity index (χ2n) is 3.42. The maximum Gasteiger partial charge on any atom is 0.161 e. The Morgan fingerprint density at radius 3 is 3.00 bits per heavy atom. The van der Waals surface area contributed by atoms with Crippen LogP contribution in [-0.4, -0.2) is 12.3 Å². The van der Waals surface area contributed by atoms with Crippen LogP contribution in [0.25, 0.3) is 0 Å². The number of thiophene rings is 1. The van der Waals surface area contributed by atoms with Crippen LogP contribution in [0.15, 0.2) is 0 Å². The van der Waals surface area contributed by atoms with Crippen molar-refractivity contribution in [2.45, 2.75) is 26.8 Å². The molecule has 0 spiro atoms. The first-order valence-corrected chi connectivity index (χ1v) is 5.34. The minimum absolute atomic E-state index is 0.219. The van der Waals surface area contributed by atoms with E-state index in [9.17, 15) is 4.79 Å². The van der Waals surface area contributed by atoms with E-state index in [1.165, 1.54) is 15.3 Å². The van der Waals surface area contributed by atoms with Crippen molar-refractivity contribution in [2.24, 2.45) is 0 Å². The lowest BCUT2D eigenvalue weighted by Gasteiger charge is -2.13. The van der Waals surface area contributed by atoms with Gasteiger partial charge in [-0.2, -0.15) is 0 Å². The third-order valence-corrected chi connectivity index (χ3v) is 3.60. The molecule has 2 rings (SSSR count). The molecule has 1 aliphatic heterocycles. The Kier molecular flexibility index (Phi) is 2.22. The standard InChI is InChI=1S/C10H13NOS/c1-6(12)10-7(2)13-9-5-11-4-3-8(9)10/h11H,3-5H2,1-2H3. The zero-order chi connectivity index (χ0) is 9.42. The molecule has 2 nitrogen and oxygen atoms in total. The van der Waals surface area contributed by atoms with Gasteiger partial charge in [0, 0.05) is 21.9 Å². The van der Waals surface area contributed by atoms with Crippen LogP contribution in [0.2, 0.25) is 0 Å². The molecular weight excluding hydrogens is 182 g/mol. The molecule has 1 aromatic rings. The number of nitrogens with one attached hydrogen (secondary N) is 1. The molecular formula is C10H13NOS. The maximum absolute atomic E-state index is 11.4. The fraction of sp³-hybridized carbons (Fsp3) is 0.500. The third kappa shape index (κ3) is 1.42. The van der Waals surface area contributed by atoms with E-state index < -0.39 is 0 Å². The molecule has 0 amide bonds. The quantitative estimate of drug-likeness (QED) is 0.693. The molecule has 3 heteroatoms. The van der Waals surface area contributed by atoms with E-state index in [-0.39, 0.29) is 5.78 Å². The van der Waals surface area contributed by atoms with E-state index in [2.05, 4.69) is 5.32 Å². The molecule has 1 aromatic heterocycles. The molecule has 0 saturated heterocycles. The molecule has 0 aliphatic carbocycles. The van der Waals surface area contributed by atoms with Crippen molar-refractivity contribution in [1.29, 1.82) is 0 Å². The van der Waals surface area contributed by atoms with Gasteiger partial charge in [0.2, 0.25) is 0 Å². The van der Waals surface area contributed by atoms with Gasteiger partial charge in [0.15, 0.2) is 5.78 Å². The Balaban J connectivity index is 2.54. The van der Waals surface area contributed by atoms with Crippen LogP contribution in [0.1, 0.15) is 32.6 Å². The van der Waals surface area contributed by atoms with E-state index in [1.807, 2.05) is 6.92 Å². The first-order valence-electron chi connectivity index (χ1n) is 4.53. The van der Waals surface area contributed by atoms with E-state index in [0.717, 1.165) is 25.1 Å². The van der Waals surface area contributed by atoms with Crippen molar-refractivity contribution in [3.63, 3.8) is 0 Å². The van der Waals surface area contributed by atoms with Gasteiger partial charge in [-0.25, -0.2) is 0 Å². The zero-order valence-electron chi connectivity index (χ0n) is 7.94. The number of ketones is 1. The largest absolute Gasteiger partial charge is 0.312 e. The molecule has 0 aromatic carbocycles. The Labute approximate surface area is 82.0 Å². The number of carbonyl (C=O) groups excluding carboxylic acids is 1. The summed E-state index contributed by atoms with van der Waals surface area (Å²) in [5.41, 5.74) is 2.29. The van der Waals surface area contributed by atoms with Gasteiger partial charge >= 0.3 is 0 Å². The first kappa shape index (κ1) is 8.91. The minimum atomic E-state index is 0.219. The maximum atomic E-state index is 11.4. The van der Waals surface area contributed by atoms with E-state index >= 15 is 0 Å². The summed E-state index contributed by atoms with van der Waals surface area (Å²) in [6.07, 6.45) is 1.01. The molecule has 70 valence electrons. The molecule has 2 heterocycles. The SMILES string of the molecule is CC(=O)c1c(C)sc2c1CCNC2. The Hall–Kier alpha value is -0.670. The molecule has 0 radical (unpaired) electrons. The number of carbonyl (C=O) groups is 1. The first-order chi connectivity index (χ1) is 6.20. The summed E-state index contributed by atoms with van der Waals surface area (Å²) in [7, 11) is 0. The van der Waals surface area contributed by atoms with Gasteiger partial charge in [-0.05, 0) is 32.4 Å². The van der Waals surface area contributed by atoms with Crippen molar-refractivity contribution in [1.82, 2.24) is 5.32 Å². The number of hydrogen-bond donors (Lipinski definition) is 1. The molecule has 1 N–H and O–H groups in total. The van der Waals surface area contributed by atoms with Crippen LogP contribution in [0.5, 0.6) is 0 Å². The highest BCUT2D eigenvalue weighted by atomic mass is 32.1. The molecule has 0 fully saturated rings. The van der Waals surface area contributed by atoms with Crippen LogP contribution in [0.3, 0.4) is 0 Å². The summed E-state index contributed by atoms with van der Waals surface area (Å²) >= 11 is 1.76. The van der Waals surface area contributed by atoms with E-state index in [4.69, 9.17) is 0 Å². The second-order valence-corrected chi connectivity index (χ2v) is 4.73. The lowest BCUT2D eigenvalue weighted by molar-refractivity contribution is 0.101.